The van der Waals surface area contributed by atoms with Gasteiger partial charge in [0.25, 0.3) is 0 Å². The lowest BCUT2D eigenvalue weighted by Crippen LogP contribution is -2.39. The lowest BCUT2D eigenvalue weighted by molar-refractivity contribution is -0.138. The second-order valence-electron chi connectivity index (χ2n) is 3.50. The molecule has 0 aromatic heterocycles. The summed E-state index contributed by atoms with van der Waals surface area (Å²) in [7, 11) is 0. The van der Waals surface area contributed by atoms with Crippen LogP contribution in [-0.2, 0) is 4.79 Å². The number of aliphatic hydroxyl groups is 1. The first-order valence-corrected chi connectivity index (χ1v) is 4.84. The summed E-state index contributed by atoms with van der Waals surface area (Å²) in [5.41, 5.74) is 0. The highest BCUT2D eigenvalue weighted by atomic mass is 16.4. The van der Waals surface area contributed by atoms with Gasteiger partial charge in [0, 0.05) is 25.7 Å². The van der Waals surface area contributed by atoms with Gasteiger partial charge in [-0.3, -0.25) is 9.69 Å². The van der Waals surface area contributed by atoms with E-state index in [0.29, 0.717) is 19.1 Å². The molecular weight excluding hydrogens is 184 g/mol. The van der Waals surface area contributed by atoms with E-state index < -0.39 is 5.97 Å². The SMILES string of the molecule is CC(C)NCCN(CCO)CC(=O)O. The Morgan fingerprint density at radius 1 is 1.43 bits per heavy atom. The topological polar surface area (TPSA) is 72.8 Å². The molecule has 0 aliphatic heterocycles. The van der Waals surface area contributed by atoms with Crippen molar-refractivity contribution in [3.05, 3.63) is 0 Å². The molecule has 0 aromatic carbocycles. The lowest BCUT2D eigenvalue weighted by atomic mass is 10.4. The maximum absolute atomic E-state index is 10.4. The fourth-order valence-electron chi connectivity index (χ4n) is 1.11. The van der Waals surface area contributed by atoms with E-state index in [2.05, 4.69) is 5.32 Å². The molecule has 14 heavy (non-hydrogen) atoms. The quantitative estimate of drug-likeness (QED) is 0.490. The number of rotatable bonds is 8. The largest absolute Gasteiger partial charge is 0.480 e. The summed E-state index contributed by atoms with van der Waals surface area (Å²) in [6.45, 7) is 5.85. The number of nitrogens with zero attached hydrogens (tertiary/aromatic N) is 1. The zero-order valence-electron chi connectivity index (χ0n) is 8.86. The van der Waals surface area contributed by atoms with Crippen molar-refractivity contribution in [1.82, 2.24) is 10.2 Å². The fraction of sp³-hybridized carbons (Fsp3) is 0.889. The van der Waals surface area contributed by atoms with Gasteiger partial charge in [0.2, 0.25) is 0 Å². The highest BCUT2D eigenvalue weighted by molar-refractivity contribution is 5.69. The normalized spacial score (nSPS) is 11.2. The van der Waals surface area contributed by atoms with Crippen LogP contribution in [0.25, 0.3) is 0 Å². The van der Waals surface area contributed by atoms with Gasteiger partial charge in [-0.25, -0.2) is 0 Å². The Kier molecular flexibility index (Phi) is 7.37. The molecule has 5 nitrogen and oxygen atoms in total. The average Bonchev–Trinajstić information content (AvgIpc) is 2.02. The Hall–Kier alpha value is -0.650. The molecule has 0 rings (SSSR count). The maximum atomic E-state index is 10.4. The van der Waals surface area contributed by atoms with Gasteiger partial charge in [-0.15, -0.1) is 0 Å². The predicted molar refractivity (Wildman–Crippen MR) is 54.3 cm³/mol. The highest BCUT2D eigenvalue weighted by Gasteiger charge is 2.08. The van der Waals surface area contributed by atoms with Gasteiger partial charge >= 0.3 is 5.97 Å². The van der Waals surface area contributed by atoms with Gasteiger partial charge in [0.1, 0.15) is 0 Å². The van der Waals surface area contributed by atoms with Crippen molar-refractivity contribution in [3.63, 3.8) is 0 Å². The van der Waals surface area contributed by atoms with Crippen molar-refractivity contribution in [2.45, 2.75) is 19.9 Å². The zero-order chi connectivity index (χ0) is 11.0. The molecule has 0 aromatic rings. The zero-order valence-corrected chi connectivity index (χ0v) is 8.86. The van der Waals surface area contributed by atoms with E-state index in [0.717, 1.165) is 6.54 Å². The van der Waals surface area contributed by atoms with E-state index in [1.165, 1.54) is 0 Å². The number of hydrogen-bond acceptors (Lipinski definition) is 4. The minimum absolute atomic E-state index is 0.00500. The van der Waals surface area contributed by atoms with Crippen molar-refractivity contribution < 1.29 is 15.0 Å². The van der Waals surface area contributed by atoms with Gasteiger partial charge in [0.15, 0.2) is 0 Å². The van der Waals surface area contributed by atoms with Crippen molar-refractivity contribution in [3.8, 4) is 0 Å². The Morgan fingerprint density at radius 3 is 2.50 bits per heavy atom. The molecule has 0 aliphatic rings. The van der Waals surface area contributed by atoms with Crippen LogP contribution in [0.1, 0.15) is 13.8 Å². The molecule has 0 unspecified atom stereocenters. The van der Waals surface area contributed by atoms with Gasteiger partial charge < -0.3 is 15.5 Å². The number of carboxylic acids is 1. The lowest BCUT2D eigenvalue weighted by Gasteiger charge is -2.19. The van der Waals surface area contributed by atoms with Crippen molar-refractivity contribution in [2.24, 2.45) is 0 Å². The van der Waals surface area contributed by atoms with Gasteiger partial charge in [0.05, 0.1) is 13.2 Å². The Bertz CT molecular complexity index is 162. The van der Waals surface area contributed by atoms with Crippen LogP contribution in [-0.4, -0.2) is 59.9 Å². The number of nitrogens with one attached hydrogen (secondary N) is 1. The van der Waals surface area contributed by atoms with E-state index in [1.807, 2.05) is 13.8 Å². The van der Waals surface area contributed by atoms with Crippen LogP contribution in [0.2, 0.25) is 0 Å². The van der Waals surface area contributed by atoms with Crippen molar-refractivity contribution in [1.29, 1.82) is 0 Å². The average molecular weight is 204 g/mol. The van der Waals surface area contributed by atoms with Gasteiger partial charge in [-0.1, -0.05) is 13.8 Å². The molecular formula is C9H20N2O3. The summed E-state index contributed by atoms with van der Waals surface area (Å²) < 4.78 is 0. The minimum atomic E-state index is -0.858. The second kappa shape index (κ2) is 7.73. The maximum Gasteiger partial charge on any atom is 0.317 e. The van der Waals surface area contributed by atoms with E-state index in [1.54, 1.807) is 4.90 Å². The third-order valence-electron chi connectivity index (χ3n) is 1.76. The fourth-order valence-corrected chi connectivity index (χ4v) is 1.11. The third-order valence-corrected chi connectivity index (χ3v) is 1.76. The monoisotopic (exact) mass is 204 g/mol. The molecule has 0 aliphatic carbocycles. The molecule has 0 heterocycles. The number of hydrogen-bond donors (Lipinski definition) is 3. The minimum Gasteiger partial charge on any atom is -0.480 e. The molecule has 0 bridgehead atoms. The first-order valence-electron chi connectivity index (χ1n) is 4.84. The molecule has 0 radical (unpaired) electrons. The Morgan fingerprint density at radius 2 is 2.07 bits per heavy atom. The van der Waals surface area contributed by atoms with E-state index in [4.69, 9.17) is 10.2 Å². The van der Waals surface area contributed by atoms with Gasteiger partial charge in [-0.2, -0.15) is 0 Å². The van der Waals surface area contributed by atoms with Crippen LogP contribution in [0, 0.1) is 0 Å². The van der Waals surface area contributed by atoms with Crippen molar-refractivity contribution in [2.75, 3.05) is 32.8 Å². The molecule has 0 amide bonds. The second-order valence-corrected chi connectivity index (χ2v) is 3.50. The molecule has 3 N–H and O–H groups in total. The Balaban J connectivity index is 3.67. The highest BCUT2D eigenvalue weighted by Crippen LogP contribution is 1.87. The molecule has 84 valence electrons. The first-order chi connectivity index (χ1) is 6.56. The number of aliphatic carboxylic acids is 1. The molecule has 0 fully saturated rings. The van der Waals surface area contributed by atoms with Crippen LogP contribution >= 0.6 is 0 Å². The van der Waals surface area contributed by atoms with E-state index in [-0.39, 0.29) is 13.2 Å². The summed E-state index contributed by atoms with van der Waals surface area (Å²) in [5.74, 6) is -0.858. The first kappa shape index (κ1) is 13.4. The van der Waals surface area contributed by atoms with Gasteiger partial charge in [-0.05, 0) is 0 Å². The molecule has 0 saturated heterocycles. The van der Waals surface area contributed by atoms with Crippen LogP contribution in [0.3, 0.4) is 0 Å². The number of carboxylic acid groups (broad SMARTS) is 1. The number of aliphatic hydroxyl groups excluding tert-OH is 1. The van der Waals surface area contributed by atoms with Crippen LogP contribution in [0.5, 0.6) is 0 Å². The smallest absolute Gasteiger partial charge is 0.317 e. The van der Waals surface area contributed by atoms with Crippen LogP contribution in [0.4, 0.5) is 0 Å². The summed E-state index contributed by atoms with van der Waals surface area (Å²) in [6.07, 6.45) is 0. The Labute approximate surface area is 84.7 Å². The molecule has 0 atom stereocenters. The molecule has 0 saturated carbocycles. The van der Waals surface area contributed by atoms with E-state index in [9.17, 15) is 4.79 Å². The summed E-state index contributed by atoms with van der Waals surface area (Å²) >= 11 is 0. The molecule has 5 heteroatoms. The summed E-state index contributed by atoms with van der Waals surface area (Å²) in [6, 6.07) is 0.399. The summed E-state index contributed by atoms with van der Waals surface area (Å²) in [4.78, 5) is 12.1. The molecule has 0 spiro atoms. The van der Waals surface area contributed by atoms with Crippen molar-refractivity contribution >= 4 is 5.97 Å². The standard InChI is InChI=1S/C9H20N2O3/c1-8(2)10-3-4-11(5-6-12)7-9(13)14/h8,10,12H,3-7H2,1-2H3,(H,13,14). The van der Waals surface area contributed by atoms with Crippen LogP contribution < -0.4 is 5.32 Å². The predicted octanol–water partition coefficient (Wildman–Crippen LogP) is -0.637. The van der Waals surface area contributed by atoms with Crippen LogP contribution in [0.15, 0.2) is 0 Å². The van der Waals surface area contributed by atoms with E-state index >= 15 is 0 Å². The number of carbonyl (C=O) groups is 1. The third kappa shape index (κ3) is 7.97. The summed E-state index contributed by atoms with van der Waals surface area (Å²) in [5, 5.41) is 20.5.